The number of para-hydroxylation sites is 1. The maximum Gasteiger partial charge on any atom is 0.143 e. The van der Waals surface area contributed by atoms with Crippen molar-refractivity contribution in [3.05, 3.63) is 206 Å². The first kappa shape index (κ1) is 17.5. The molecule has 0 atom stereocenters. The molecule has 0 saturated heterocycles. The minimum absolute atomic E-state index is 0.0395. The average Bonchev–Trinajstić information content (AvgIpc) is 3.85. The lowest BCUT2D eigenvalue weighted by molar-refractivity contribution is 0.670. The van der Waals surface area contributed by atoms with Crippen LogP contribution in [0, 0.1) is 0 Å². The zero-order valence-electron chi connectivity index (χ0n) is 50.4. The Balaban J connectivity index is 1.23. The molecule has 0 aliphatic heterocycles. The maximum atomic E-state index is 9.59. The van der Waals surface area contributed by atoms with Crippen molar-refractivity contribution in [2.75, 3.05) is 0 Å². The lowest BCUT2D eigenvalue weighted by atomic mass is 9.83. The molecule has 0 saturated carbocycles. The third-order valence-electron chi connectivity index (χ3n) is 10.5. The Bertz CT molecular complexity index is 4730. The van der Waals surface area contributed by atoms with Gasteiger partial charge in [0, 0.05) is 16.3 Å². The second kappa shape index (κ2) is 12.5. The molecule has 1 aromatic heterocycles. The average molecular weight is 744 g/mol. The smallest absolute Gasteiger partial charge is 0.143 e. The van der Waals surface area contributed by atoms with E-state index in [1.807, 2.05) is 30.3 Å². The van der Waals surface area contributed by atoms with Gasteiger partial charge in [0.15, 0.2) is 0 Å². The summed E-state index contributed by atoms with van der Waals surface area (Å²) in [4.78, 5) is 0. The molecule has 0 aliphatic carbocycles. The van der Waals surface area contributed by atoms with E-state index in [2.05, 4.69) is 0 Å². The molecule has 0 amide bonds. The van der Waals surface area contributed by atoms with Gasteiger partial charge in [-0.2, -0.15) is 0 Å². The Morgan fingerprint density at radius 3 is 1.72 bits per heavy atom. The molecular weight excluding hydrogens is 689 g/mol. The Morgan fingerprint density at radius 1 is 0.316 bits per heavy atom. The first-order chi connectivity index (χ1) is 37.0. The first-order valence-corrected chi connectivity index (χ1v) is 18.0. The van der Waals surface area contributed by atoms with Gasteiger partial charge in [-0.15, -0.1) is 0 Å². The summed E-state index contributed by atoms with van der Waals surface area (Å²) in [5.74, 6) is 0. The summed E-state index contributed by atoms with van der Waals surface area (Å²) < 4.78 is 199. The van der Waals surface area contributed by atoms with Crippen molar-refractivity contribution < 1.29 is 33.2 Å². The fourth-order valence-corrected chi connectivity index (χ4v) is 7.97. The van der Waals surface area contributed by atoms with Crippen LogP contribution in [-0.4, -0.2) is 0 Å². The quantitative estimate of drug-likeness (QED) is 0.164. The third kappa shape index (κ3) is 4.89. The van der Waals surface area contributed by atoms with E-state index in [1.54, 1.807) is 36.4 Å². The molecule has 0 fully saturated rings. The molecular formula is C56H34O. The van der Waals surface area contributed by atoms with Crippen molar-refractivity contribution in [2.45, 2.75) is 0 Å². The van der Waals surface area contributed by atoms with E-state index >= 15 is 0 Å². The van der Waals surface area contributed by atoms with Crippen LogP contribution < -0.4 is 0 Å². The van der Waals surface area contributed by atoms with E-state index in [0.717, 1.165) is 5.39 Å². The summed E-state index contributed by atoms with van der Waals surface area (Å²) in [6, 6.07) is 8.44. The van der Waals surface area contributed by atoms with Crippen LogP contribution in [0.15, 0.2) is 210 Å². The molecule has 264 valence electrons. The van der Waals surface area contributed by atoms with Crippen LogP contribution in [0.3, 0.4) is 0 Å². The largest absolute Gasteiger partial charge is 0.455 e. The Labute approximate surface area is 359 Å². The van der Waals surface area contributed by atoms with Gasteiger partial charge in [-0.3, -0.25) is 0 Å². The van der Waals surface area contributed by atoms with E-state index in [4.69, 9.17) is 18.1 Å². The van der Waals surface area contributed by atoms with Crippen molar-refractivity contribution in [1.82, 2.24) is 0 Å². The van der Waals surface area contributed by atoms with Crippen LogP contribution in [0.25, 0.3) is 120 Å². The van der Waals surface area contributed by atoms with Crippen LogP contribution in [0.4, 0.5) is 0 Å². The summed E-state index contributed by atoms with van der Waals surface area (Å²) in [6.45, 7) is 0. The summed E-state index contributed by atoms with van der Waals surface area (Å²) in [5, 5.41) is -0.579. The number of hydrogen-bond donors (Lipinski definition) is 0. The second-order valence-corrected chi connectivity index (χ2v) is 13.5. The minimum Gasteiger partial charge on any atom is -0.455 e. The first-order valence-electron chi connectivity index (χ1n) is 28.5. The molecule has 12 aromatic rings. The van der Waals surface area contributed by atoms with E-state index in [-0.39, 0.29) is 84.0 Å². The highest BCUT2D eigenvalue weighted by Gasteiger charge is 2.21. The predicted octanol–water partition coefficient (Wildman–Crippen LogP) is 16.0. The number of rotatable bonds is 4. The molecule has 0 aliphatic rings. The van der Waals surface area contributed by atoms with Gasteiger partial charge in [0.25, 0.3) is 0 Å². The lowest BCUT2D eigenvalue weighted by Gasteiger charge is -2.20. The fraction of sp³-hybridized carbons (Fsp3) is 0. The highest BCUT2D eigenvalue weighted by Crippen LogP contribution is 2.48. The van der Waals surface area contributed by atoms with Gasteiger partial charge in [-0.05, 0) is 111 Å². The SMILES string of the molecule is [2H]c1c([2H])c([2H])c2c(oc3c([2H])c(-c4cccc5ccccc45)c([2H])c([2H])c32)c1-c1ccc(-c2c3c([2H])c([2H])c([2H])c([2H])c3c(-c3c([2H])c([2H])c4c([2H])c([2H])c([2H])c([2H])c4c3[2H])c3c([2H])c([2H])c([2H])c([2H])c23)c2ccccc12. The Hall–Kier alpha value is -7.48. The number of hydrogen-bond acceptors (Lipinski definition) is 1. The molecule has 0 N–H and O–H groups in total. The summed E-state index contributed by atoms with van der Waals surface area (Å²) in [7, 11) is 0. The molecule has 1 heterocycles. The van der Waals surface area contributed by atoms with Crippen molar-refractivity contribution in [1.29, 1.82) is 0 Å². The van der Waals surface area contributed by atoms with Crippen LogP contribution in [0.5, 0.6) is 0 Å². The van der Waals surface area contributed by atoms with E-state index in [1.165, 1.54) is 12.1 Å². The predicted molar refractivity (Wildman–Crippen MR) is 243 cm³/mol. The van der Waals surface area contributed by atoms with Crippen LogP contribution in [0.1, 0.15) is 28.8 Å². The normalized spacial score (nSPS) is 17.0. The zero-order chi connectivity index (χ0) is 55.7. The molecule has 1 nitrogen and oxygen atoms in total. The van der Waals surface area contributed by atoms with Crippen LogP contribution in [-0.2, 0) is 0 Å². The molecule has 11 aromatic carbocycles. The van der Waals surface area contributed by atoms with Crippen molar-refractivity contribution in [2.24, 2.45) is 0 Å². The third-order valence-corrected chi connectivity index (χ3v) is 10.5. The summed E-state index contributed by atoms with van der Waals surface area (Å²) in [5.41, 5.74) is -0.643. The highest BCUT2D eigenvalue weighted by molar-refractivity contribution is 6.25. The number of fused-ring (bicyclic) bond motifs is 8. The van der Waals surface area contributed by atoms with Crippen molar-refractivity contribution >= 4 is 75.8 Å². The van der Waals surface area contributed by atoms with Gasteiger partial charge >= 0.3 is 0 Å². The molecule has 57 heavy (non-hydrogen) atoms. The van der Waals surface area contributed by atoms with E-state index < -0.39 is 141 Å². The fourth-order valence-electron chi connectivity index (χ4n) is 7.97. The topological polar surface area (TPSA) is 13.1 Å². The van der Waals surface area contributed by atoms with Gasteiger partial charge in [0.2, 0.25) is 0 Å². The molecule has 12 rings (SSSR count). The molecule has 0 unspecified atom stereocenters. The lowest BCUT2D eigenvalue weighted by Crippen LogP contribution is -1.92. The van der Waals surface area contributed by atoms with Crippen molar-refractivity contribution in [3.8, 4) is 44.5 Å². The zero-order valence-corrected chi connectivity index (χ0v) is 29.4. The van der Waals surface area contributed by atoms with E-state index in [9.17, 15) is 15.1 Å². The van der Waals surface area contributed by atoms with Gasteiger partial charge in [-0.25, -0.2) is 0 Å². The molecule has 0 radical (unpaired) electrons. The van der Waals surface area contributed by atoms with E-state index in [0.29, 0.717) is 16.3 Å². The molecule has 1 heteroatoms. The molecule has 0 bridgehead atoms. The highest BCUT2D eigenvalue weighted by atomic mass is 16.3. The van der Waals surface area contributed by atoms with Gasteiger partial charge < -0.3 is 4.42 Å². The van der Waals surface area contributed by atoms with Crippen LogP contribution in [0.2, 0.25) is 0 Å². The standard InChI is InChI=1S/C56H34O/c1-2-15-37-33-39(28-27-35(37)13-1)54-46-20-7-9-22-48(46)55(49-23-10-8-21-47(49)54)50-32-31-44(42-18-5-6-19-43(42)50)51-25-12-26-52-45-30-29-38(34-53(45)57-56(51)52)41-24-11-16-36-14-3-4-17-40(36)41/h1-34H/i1D,2D,7D,8D,9D,10D,12D,13D,15D,20D,21D,22D,23D,25D,26D,27D,28D,29D,30D,33D,34D. The van der Waals surface area contributed by atoms with Gasteiger partial charge in [0.1, 0.15) is 11.2 Å². The number of benzene rings is 11. The summed E-state index contributed by atoms with van der Waals surface area (Å²) >= 11 is 0. The monoisotopic (exact) mass is 743 g/mol. The maximum absolute atomic E-state index is 9.59. The minimum atomic E-state index is -0.822. The summed E-state index contributed by atoms with van der Waals surface area (Å²) in [6.07, 6.45) is 0. The van der Waals surface area contributed by atoms with Crippen LogP contribution >= 0.6 is 0 Å². The van der Waals surface area contributed by atoms with Crippen molar-refractivity contribution in [3.63, 3.8) is 0 Å². The Kier molecular flexibility index (Phi) is 3.86. The Morgan fingerprint density at radius 2 is 0.930 bits per heavy atom. The van der Waals surface area contributed by atoms with Gasteiger partial charge in [-0.1, -0.05) is 188 Å². The van der Waals surface area contributed by atoms with Gasteiger partial charge in [0.05, 0.1) is 28.8 Å². The second-order valence-electron chi connectivity index (χ2n) is 13.5. The molecule has 0 spiro atoms. The number of furan rings is 1.